The van der Waals surface area contributed by atoms with Gasteiger partial charge in [-0.25, -0.2) is 17.6 Å². The summed E-state index contributed by atoms with van der Waals surface area (Å²) in [5.41, 5.74) is 8.70. The fourth-order valence-corrected chi connectivity index (χ4v) is 4.96. The first kappa shape index (κ1) is 45.8. The summed E-state index contributed by atoms with van der Waals surface area (Å²) in [7, 11) is 0. The number of aliphatic hydroxyl groups is 1. The predicted molar refractivity (Wildman–Crippen MR) is 207 cm³/mol. The molecule has 4 N–H and O–H groups in total. The van der Waals surface area contributed by atoms with Gasteiger partial charge < -0.3 is 16.2 Å². The molecule has 0 spiro atoms. The van der Waals surface area contributed by atoms with Crippen molar-refractivity contribution in [2.24, 2.45) is 22.6 Å². The van der Waals surface area contributed by atoms with Crippen LogP contribution in [0.1, 0.15) is 107 Å². The van der Waals surface area contributed by atoms with Gasteiger partial charge >= 0.3 is 0 Å². The number of aliphatic hydroxyl groups excluding tert-OH is 1. The highest BCUT2D eigenvalue weighted by Gasteiger charge is 2.18. The lowest BCUT2D eigenvalue weighted by atomic mass is 9.99. The van der Waals surface area contributed by atoms with E-state index < -0.39 is 0 Å². The maximum absolute atomic E-state index is 13.2. The van der Waals surface area contributed by atoms with Crippen molar-refractivity contribution in [2.45, 2.75) is 91.9 Å². The molecule has 0 heterocycles. The Labute approximate surface area is 308 Å². The van der Waals surface area contributed by atoms with Crippen LogP contribution in [0.3, 0.4) is 0 Å². The van der Waals surface area contributed by atoms with Gasteiger partial charge in [-0.2, -0.15) is 0 Å². The Morgan fingerprint density at radius 3 is 1.56 bits per heavy atom. The first-order valence-corrected chi connectivity index (χ1v) is 17.9. The van der Waals surface area contributed by atoms with Crippen LogP contribution in [0.4, 0.5) is 17.6 Å². The molecule has 9 heteroatoms. The predicted octanol–water partition coefficient (Wildman–Crippen LogP) is 10.4. The third-order valence-corrected chi connectivity index (χ3v) is 8.23. The van der Waals surface area contributed by atoms with E-state index >= 15 is 0 Å². The molecule has 5 nitrogen and oxygen atoms in total. The molecular weight excluding hydrogens is 666 g/mol. The normalized spacial score (nSPS) is 13.1. The molecule has 4 aromatic carbocycles. The fourth-order valence-electron chi connectivity index (χ4n) is 4.96. The van der Waals surface area contributed by atoms with Crippen molar-refractivity contribution in [3.63, 3.8) is 0 Å². The van der Waals surface area contributed by atoms with Crippen LogP contribution in [-0.4, -0.2) is 36.3 Å². The lowest BCUT2D eigenvalue weighted by molar-refractivity contribution is 0.112. The number of halogens is 4. The van der Waals surface area contributed by atoms with E-state index in [9.17, 15) is 27.5 Å². The smallest absolute Gasteiger partial charge is 0.150 e. The van der Waals surface area contributed by atoms with Crippen LogP contribution in [-0.2, 0) is 0 Å². The summed E-state index contributed by atoms with van der Waals surface area (Å²) >= 11 is 0. The molecule has 4 aromatic rings. The van der Waals surface area contributed by atoms with Crippen LogP contribution >= 0.6 is 0 Å². The molecule has 0 unspecified atom stereocenters. The van der Waals surface area contributed by atoms with Crippen LogP contribution in [0.25, 0.3) is 0 Å². The van der Waals surface area contributed by atoms with Gasteiger partial charge in [-0.15, -0.1) is 0 Å². The number of nitrogens with two attached hydrogens (primary N) is 1. The van der Waals surface area contributed by atoms with E-state index in [2.05, 4.69) is 51.9 Å². The molecule has 284 valence electrons. The summed E-state index contributed by atoms with van der Waals surface area (Å²) in [4.78, 5) is 14.5. The monoisotopic (exact) mass is 723 g/mol. The number of carbonyl (C=O) groups excluding carboxylic acids is 1. The van der Waals surface area contributed by atoms with Gasteiger partial charge in [0, 0.05) is 29.9 Å². The van der Waals surface area contributed by atoms with Crippen molar-refractivity contribution in [1.29, 1.82) is 0 Å². The standard InChI is InChI=1S/C14H22FNO.C13H18FN.C9H12FN.C7H5FO/c1-4-13(16-14(9-17)10(2)3)11-6-5-7-12(15)8-11;1-4-13(10(2)3)15-9-11-6-5-7-12(14)8-11;1-2-9(11)7-4-3-5-8(10)6-7;8-7-3-1-2-6(4-7)5-9/h5-8,10,13-14,16-17H,4,9H2,1-3H3;5-10,13H,4H2,1-3H3;3-6,9H,2,11H2,1H3;1-5H/t13-,14+;13-;9-;/m101./s1. The highest BCUT2D eigenvalue weighted by atomic mass is 19.1. The van der Waals surface area contributed by atoms with Gasteiger partial charge in [-0.1, -0.05) is 97.0 Å². The highest BCUT2D eigenvalue weighted by Crippen LogP contribution is 2.20. The Morgan fingerprint density at radius 2 is 1.15 bits per heavy atom. The minimum Gasteiger partial charge on any atom is -0.395 e. The van der Waals surface area contributed by atoms with E-state index in [1.165, 1.54) is 48.5 Å². The van der Waals surface area contributed by atoms with E-state index in [1.54, 1.807) is 36.5 Å². The average Bonchev–Trinajstić information content (AvgIpc) is 3.12. The lowest BCUT2D eigenvalue weighted by Crippen LogP contribution is -2.39. The van der Waals surface area contributed by atoms with Crippen molar-refractivity contribution in [3.05, 3.63) is 143 Å². The number of nitrogens with one attached hydrogen (secondary N) is 1. The molecule has 0 saturated heterocycles. The average molecular weight is 724 g/mol. The molecule has 0 aromatic heterocycles. The van der Waals surface area contributed by atoms with Crippen LogP contribution in [0.2, 0.25) is 0 Å². The van der Waals surface area contributed by atoms with E-state index in [4.69, 9.17) is 5.73 Å². The molecule has 0 aliphatic carbocycles. The summed E-state index contributed by atoms with van der Waals surface area (Å²) in [5.74, 6) is -0.141. The van der Waals surface area contributed by atoms with Crippen LogP contribution in [0, 0.1) is 35.1 Å². The van der Waals surface area contributed by atoms with Crippen molar-refractivity contribution < 1.29 is 27.5 Å². The molecule has 0 bridgehead atoms. The number of carbonyl (C=O) groups is 1. The SMILES string of the molecule is CC[C@@H](N)c1cccc(F)c1.CC[C@@H](N[C@@H](CO)C(C)C)c1cccc(F)c1.CC[C@H](N=Cc1cccc(F)c1)C(C)C.O=Cc1cccc(F)c1. The number of aldehydes is 1. The van der Waals surface area contributed by atoms with Crippen molar-refractivity contribution >= 4 is 12.5 Å². The molecule has 4 rings (SSSR count). The zero-order valence-electron chi connectivity index (χ0n) is 31.6. The highest BCUT2D eigenvalue weighted by molar-refractivity contribution is 5.79. The third-order valence-electron chi connectivity index (χ3n) is 8.23. The first-order chi connectivity index (χ1) is 24.8. The summed E-state index contributed by atoms with van der Waals surface area (Å²) in [6.45, 7) is 14.7. The second-order valence-corrected chi connectivity index (χ2v) is 13.0. The van der Waals surface area contributed by atoms with Crippen LogP contribution < -0.4 is 11.1 Å². The molecule has 0 radical (unpaired) electrons. The van der Waals surface area contributed by atoms with Gasteiger partial charge in [0.05, 0.1) is 12.6 Å². The number of aliphatic imine (C=N–C) groups is 1. The van der Waals surface area contributed by atoms with Crippen LogP contribution in [0.15, 0.2) is 102 Å². The Bertz CT molecular complexity index is 1600. The third kappa shape index (κ3) is 18.4. The van der Waals surface area contributed by atoms with Crippen molar-refractivity contribution in [1.82, 2.24) is 5.32 Å². The van der Waals surface area contributed by atoms with Gasteiger partial charge in [0.15, 0.2) is 0 Å². The van der Waals surface area contributed by atoms with Crippen molar-refractivity contribution in [2.75, 3.05) is 6.61 Å². The van der Waals surface area contributed by atoms with Crippen LogP contribution in [0.5, 0.6) is 0 Å². The molecule has 0 saturated carbocycles. The largest absolute Gasteiger partial charge is 0.395 e. The molecule has 0 aliphatic rings. The molecular formula is C43H57F4N3O2. The topological polar surface area (TPSA) is 87.7 Å². The van der Waals surface area contributed by atoms with E-state index in [0.717, 1.165) is 36.0 Å². The fraction of sp³-hybridized carbons (Fsp3) is 0.395. The van der Waals surface area contributed by atoms with E-state index in [0.29, 0.717) is 29.7 Å². The zero-order chi connectivity index (χ0) is 39.1. The Kier molecular flexibility index (Phi) is 22.7. The minimum atomic E-state index is -0.375. The molecule has 0 amide bonds. The molecule has 52 heavy (non-hydrogen) atoms. The maximum atomic E-state index is 13.2. The minimum absolute atomic E-state index is 0.0364. The van der Waals surface area contributed by atoms with Gasteiger partial charge in [0.25, 0.3) is 0 Å². The van der Waals surface area contributed by atoms with Gasteiger partial charge in [-0.05, 0) is 96.3 Å². The second kappa shape index (κ2) is 25.7. The number of nitrogens with zero attached hydrogens (tertiary/aromatic N) is 1. The van der Waals surface area contributed by atoms with Crippen molar-refractivity contribution in [3.8, 4) is 0 Å². The van der Waals surface area contributed by atoms with E-state index in [1.807, 2.05) is 25.1 Å². The zero-order valence-corrected chi connectivity index (χ0v) is 31.6. The summed E-state index contributed by atoms with van der Waals surface area (Å²) in [6, 6.07) is 25.5. The van der Waals surface area contributed by atoms with Gasteiger partial charge in [0.1, 0.15) is 29.6 Å². The number of hydrogen-bond donors (Lipinski definition) is 3. The Balaban J connectivity index is 0.000000356. The number of benzene rings is 4. The summed E-state index contributed by atoms with van der Waals surface area (Å²) in [6.07, 6.45) is 5.10. The second-order valence-electron chi connectivity index (χ2n) is 13.0. The summed E-state index contributed by atoms with van der Waals surface area (Å²) in [5, 5.41) is 12.7. The summed E-state index contributed by atoms with van der Waals surface area (Å²) < 4.78 is 50.8. The van der Waals surface area contributed by atoms with Gasteiger partial charge in [0.2, 0.25) is 0 Å². The Morgan fingerprint density at radius 1 is 0.673 bits per heavy atom. The first-order valence-electron chi connectivity index (χ1n) is 17.9. The molecule has 4 atom stereocenters. The quantitative estimate of drug-likeness (QED) is 0.0728. The maximum Gasteiger partial charge on any atom is 0.150 e. The lowest BCUT2D eigenvalue weighted by Gasteiger charge is -2.26. The van der Waals surface area contributed by atoms with Gasteiger partial charge in [-0.3, -0.25) is 9.79 Å². The Hall–Kier alpha value is -4.18. The number of rotatable bonds is 13. The van der Waals surface area contributed by atoms with E-state index in [-0.39, 0.29) is 48.0 Å². The molecule has 0 aliphatic heterocycles. The number of hydrogen-bond acceptors (Lipinski definition) is 5. The molecule has 0 fully saturated rings.